The molecule has 0 aliphatic carbocycles. The van der Waals surface area contributed by atoms with E-state index < -0.39 is 7.27 Å². The monoisotopic (exact) mass is 188 g/mol. The zero-order chi connectivity index (χ0) is 9.52. The second-order valence-corrected chi connectivity index (χ2v) is 2.73. The minimum absolute atomic E-state index is 0.0228. The lowest BCUT2D eigenvalue weighted by Crippen LogP contribution is -2.22. The molecule has 72 valence electrons. The van der Waals surface area contributed by atoms with E-state index in [0.717, 1.165) is 19.3 Å². The van der Waals surface area contributed by atoms with Crippen LogP contribution in [0.25, 0.3) is 0 Å². The van der Waals surface area contributed by atoms with E-state index in [1.165, 1.54) is 0 Å². The Labute approximate surface area is 76.8 Å². The molecular weight excluding hydrogens is 177 g/mol. The molecule has 1 saturated heterocycles. The highest BCUT2D eigenvalue weighted by Crippen LogP contribution is 2.12. The van der Waals surface area contributed by atoms with Crippen molar-refractivity contribution in [3.8, 4) is 11.7 Å². The van der Waals surface area contributed by atoms with Crippen molar-refractivity contribution in [2.45, 2.75) is 25.6 Å². The van der Waals surface area contributed by atoms with Crippen LogP contribution in [0.4, 0.5) is 8.63 Å². The lowest BCUT2D eigenvalue weighted by atomic mass is 10.0. The van der Waals surface area contributed by atoms with E-state index in [-0.39, 0.29) is 12.9 Å². The Balaban J connectivity index is 2.08. The summed E-state index contributed by atoms with van der Waals surface area (Å²) in [4.78, 5) is 0. The van der Waals surface area contributed by atoms with E-state index in [1.807, 2.05) is 0 Å². The van der Waals surface area contributed by atoms with E-state index in [1.54, 1.807) is 5.82 Å². The van der Waals surface area contributed by atoms with Gasteiger partial charge in [0.05, 0.1) is 0 Å². The van der Waals surface area contributed by atoms with Crippen LogP contribution < -0.4 is 0 Å². The Kier molecular flexibility index (Phi) is 4.80. The van der Waals surface area contributed by atoms with Crippen LogP contribution in [0, 0.1) is 11.7 Å². The fourth-order valence-electron chi connectivity index (χ4n) is 1.10. The van der Waals surface area contributed by atoms with Crippen molar-refractivity contribution in [1.29, 1.82) is 0 Å². The van der Waals surface area contributed by atoms with Gasteiger partial charge in [-0.1, -0.05) is 11.7 Å². The molecule has 1 heterocycles. The molecule has 0 spiro atoms. The molecule has 0 saturated carbocycles. The van der Waals surface area contributed by atoms with E-state index in [4.69, 9.17) is 9.47 Å². The van der Waals surface area contributed by atoms with Gasteiger partial charge in [0.2, 0.25) is 0 Å². The molecule has 5 heteroatoms. The maximum Gasteiger partial charge on any atom is 0.627 e. The van der Waals surface area contributed by atoms with Gasteiger partial charge in [0.15, 0.2) is 6.29 Å². The summed E-state index contributed by atoms with van der Waals surface area (Å²) < 4.78 is 33.4. The summed E-state index contributed by atoms with van der Waals surface area (Å²) in [6.45, 7) is 0.710. The fourth-order valence-corrected chi connectivity index (χ4v) is 1.10. The molecule has 0 bridgehead atoms. The predicted molar refractivity (Wildman–Crippen MR) is 45.3 cm³/mol. The topological polar surface area (TPSA) is 18.5 Å². The first kappa shape index (κ1) is 10.5. The normalized spacial score (nSPS) is 21.8. The minimum Gasteiger partial charge on any atom is -0.353 e. The fraction of sp³-hybridized carbons (Fsp3) is 0.750. The number of rotatable bonds is 2. The average molecular weight is 188 g/mol. The zero-order valence-electron chi connectivity index (χ0n) is 7.26. The van der Waals surface area contributed by atoms with Gasteiger partial charge in [-0.3, -0.25) is 8.63 Å². The third kappa shape index (κ3) is 4.86. The minimum atomic E-state index is -2.57. The Bertz CT molecular complexity index is 194. The molecule has 0 N–H and O–H groups in total. The van der Waals surface area contributed by atoms with E-state index >= 15 is 0 Å². The van der Waals surface area contributed by atoms with Gasteiger partial charge in [0, 0.05) is 6.61 Å². The third-order valence-electron chi connectivity index (χ3n) is 1.69. The summed E-state index contributed by atoms with van der Waals surface area (Å²) in [5, 5.41) is 0. The summed E-state index contributed by atoms with van der Waals surface area (Å²) in [6, 6.07) is 0. The maximum atomic E-state index is 11.5. The Hall–Kier alpha value is -0.595. The van der Waals surface area contributed by atoms with Crippen LogP contribution in [0.3, 0.4) is 0 Å². The van der Waals surface area contributed by atoms with Gasteiger partial charge in [-0.05, 0) is 19.3 Å². The summed E-state index contributed by atoms with van der Waals surface area (Å²) in [5.41, 5.74) is 0. The third-order valence-corrected chi connectivity index (χ3v) is 1.69. The number of hydrogen-bond acceptors (Lipinski definition) is 2. The second-order valence-electron chi connectivity index (χ2n) is 2.73. The molecule has 0 aromatic heterocycles. The molecular formula is C8H11BF2O2. The molecule has 2 nitrogen and oxygen atoms in total. The predicted octanol–water partition coefficient (Wildman–Crippen LogP) is 1.50. The van der Waals surface area contributed by atoms with Crippen molar-refractivity contribution in [3.63, 3.8) is 0 Å². The molecule has 1 fully saturated rings. The zero-order valence-corrected chi connectivity index (χ0v) is 7.26. The van der Waals surface area contributed by atoms with Crippen LogP contribution in [0.1, 0.15) is 19.3 Å². The van der Waals surface area contributed by atoms with Crippen LogP contribution in [0.5, 0.6) is 0 Å². The Morgan fingerprint density at radius 1 is 1.46 bits per heavy atom. The van der Waals surface area contributed by atoms with Crippen molar-refractivity contribution in [3.05, 3.63) is 0 Å². The molecule has 1 rings (SSSR count). The van der Waals surface area contributed by atoms with E-state index in [2.05, 4.69) is 5.92 Å². The van der Waals surface area contributed by atoms with Crippen molar-refractivity contribution >= 4 is 7.27 Å². The smallest absolute Gasteiger partial charge is 0.353 e. The van der Waals surface area contributed by atoms with Crippen LogP contribution >= 0.6 is 0 Å². The van der Waals surface area contributed by atoms with Crippen LogP contribution in [-0.4, -0.2) is 26.8 Å². The van der Waals surface area contributed by atoms with E-state index in [0.29, 0.717) is 6.61 Å². The van der Waals surface area contributed by atoms with Gasteiger partial charge < -0.3 is 9.47 Å². The van der Waals surface area contributed by atoms with Crippen LogP contribution in [-0.2, 0) is 9.47 Å². The first-order valence-corrected chi connectivity index (χ1v) is 4.29. The summed E-state index contributed by atoms with van der Waals surface area (Å²) in [7, 11) is -2.57. The number of ether oxygens (including phenoxy) is 2. The molecule has 0 aromatic carbocycles. The van der Waals surface area contributed by atoms with Crippen LogP contribution in [0.2, 0.25) is 0 Å². The molecule has 13 heavy (non-hydrogen) atoms. The second kappa shape index (κ2) is 5.95. The van der Waals surface area contributed by atoms with Crippen molar-refractivity contribution in [1.82, 2.24) is 0 Å². The Morgan fingerprint density at radius 2 is 2.31 bits per heavy atom. The summed E-state index contributed by atoms with van der Waals surface area (Å²) in [5.74, 6) is 3.95. The quantitative estimate of drug-likeness (QED) is 0.482. The first-order chi connectivity index (χ1) is 6.29. The first-order valence-electron chi connectivity index (χ1n) is 4.29. The van der Waals surface area contributed by atoms with Crippen molar-refractivity contribution in [2.24, 2.45) is 0 Å². The molecule has 1 aliphatic rings. The maximum absolute atomic E-state index is 11.5. The summed E-state index contributed by atoms with van der Waals surface area (Å²) >= 11 is 0. The van der Waals surface area contributed by atoms with Crippen molar-refractivity contribution < 1.29 is 18.1 Å². The lowest BCUT2D eigenvalue weighted by Gasteiger charge is -2.21. The van der Waals surface area contributed by atoms with Gasteiger partial charge in [0.25, 0.3) is 0 Å². The average Bonchev–Trinajstić information content (AvgIpc) is 2.14. The van der Waals surface area contributed by atoms with Crippen molar-refractivity contribution in [2.75, 3.05) is 13.2 Å². The number of hydrogen-bond donors (Lipinski definition) is 0. The molecule has 1 aliphatic heterocycles. The Morgan fingerprint density at radius 3 is 2.92 bits per heavy atom. The standard InChI is InChI=1S/C8H11BF2O2/c10-9(11)5-3-7-13-8-4-1-2-6-12-8/h8H,1-2,4,6-7H2. The van der Waals surface area contributed by atoms with Gasteiger partial charge in [0.1, 0.15) is 6.61 Å². The summed E-state index contributed by atoms with van der Waals surface area (Å²) in [6.07, 6.45) is 2.69. The number of halogens is 2. The van der Waals surface area contributed by atoms with Crippen LogP contribution in [0.15, 0.2) is 0 Å². The van der Waals surface area contributed by atoms with Gasteiger partial charge in [-0.15, -0.1) is 0 Å². The molecule has 1 atom stereocenters. The molecule has 0 aromatic rings. The molecule has 0 amide bonds. The highest BCUT2D eigenvalue weighted by Gasteiger charge is 2.13. The largest absolute Gasteiger partial charge is 0.627 e. The molecule has 1 unspecified atom stereocenters. The lowest BCUT2D eigenvalue weighted by molar-refractivity contribution is -0.154. The SMILES string of the molecule is FB(F)C#CCOC1CCCCO1. The molecule has 0 radical (unpaired) electrons. The highest BCUT2D eigenvalue weighted by molar-refractivity contribution is 6.52. The van der Waals surface area contributed by atoms with Gasteiger partial charge in [-0.2, -0.15) is 0 Å². The van der Waals surface area contributed by atoms with Gasteiger partial charge in [-0.25, -0.2) is 0 Å². The van der Waals surface area contributed by atoms with E-state index in [9.17, 15) is 8.63 Å². The van der Waals surface area contributed by atoms with Gasteiger partial charge >= 0.3 is 7.27 Å². The highest BCUT2D eigenvalue weighted by atomic mass is 19.2.